The number of carbonyl (C=O) groups excluding carboxylic acids is 1. The van der Waals surface area contributed by atoms with Crippen LogP contribution in [0.25, 0.3) is 0 Å². The predicted octanol–water partition coefficient (Wildman–Crippen LogP) is 1.24. The van der Waals surface area contributed by atoms with E-state index in [0.29, 0.717) is 6.54 Å². The molecule has 0 bridgehead atoms. The first kappa shape index (κ1) is 13.9. The Labute approximate surface area is 115 Å². The second-order valence-corrected chi connectivity index (χ2v) is 5.21. The molecule has 2 atom stereocenters. The molecule has 0 aromatic heterocycles. The van der Waals surface area contributed by atoms with Crippen LogP contribution in [0.3, 0.4) is 0 Å². The molecule has 19 heavy (non-hydrogen) atoms. The second-order valence-electron chi connectivity index (χ2n) is 5.21. The van der Waals surface area contributed by atoms with Gasteiger partial charge in [0, 0.05) is 31.9 Å². The fourth-order valence-electron chi connectivity index (χ4n) is 2.94. The molecule has 1 aliphatic rings. The lowest BCUT2D eigenvalue weighted by molar-refractivity contribution is -0.133. The monoisotopic (exact) mass is 261 g/mol. The van der Waals surface area contributed by atoms with E-state index in [-0.39, 0.29) is 18.0 Å². The molecule has 0 saturated carbocycles. The number of benzene rings is 1. The van der Waals surface area contributed by atoms with Crippen LogP contribution in [0.2, 0.25) is 0 Å². The van der Waals surface area contributed by atoms with Crippen molar-refractivity contribution >= 4 is 11.6 Å². The lowest BCUT2D eigenvalue weighted by Gasteiger charge is -2.45. The third-order valence-corrected chi connectivity index (χ3v) is 3.88. The number of hydrogen-bond donors (Lipinski definition) is 1. The van der Waals surface area contributed by atoms with E-state index in [0.717, 1.165) is 18.7 Å². The van der Waals surface area contributed by atoms with Crippen molar-refractivity contribution in [1.82, 2.24) is 4.90 Å². The van der Waals surface area contributed by atoms with E-state index in [1.165, 1.54) is 5.56 Å². The number of nitrogens with zero attached hydrogens (tertiary/aromatic N) is 2. The maximum Gasteiger partial charge on any atom is 0.246 e. The first-order chi connectivity index (χ1) is 9.10. The molecule has 1 aromatic carbocycles. The van der Waals surface area contributed by atoms with Gasteiger partial charge in [0.1, 0.15) is 6.04 Å². The maximum absolute atomic E-state index is 12.3. The first-order valence-corrected chi connectivity index (χ1v) is 6.91. The fraction of sp³-hybridized carbons (Fsp3) is 0.533. The highest BCUT2D eigenvalue weighted by molar-refractivity contribution is 5.87. The standard InChI is InChI=1S/C15H23N3O/c1-4-12-7-5-6-8-13(12)18-11(2)10-17(3)15(19)14(18)9-16/h5-8,11,14H,4,9-10,16H2,1-3H3. The summed E-state index contributed by atoms with van der Waals surface area (Å²) in [6.45, 7) is 5.38. The molecular weight excluding hydrogens is 238 g/mol. The predicted molar refractivity (Wildman–Crippen MR) is 78.2 cm³/mol. The normalized spacial score (nSPS) is 23.9. The zero-order valence-electron chi connectivity index (χ0n) is 12.0. The van der Waals surface area contributed by atoms with Crippen LogP contribution in [0.15, 0.2) is 24.3 Å². The average molecular weight is 261 g/mol. The average Bonchev–Trinajstić information content (AvgIpc) is 2.42. The van der Waals surface area contributed by atoms with Crippen molar-refractivity contribution < 1.29 is 4.79 Å². The Morgan fingerprint density at radius 3 is 2.68 bits per heavy atom. The number of hydrogen-bond acceptors (Lipinski definition) is 3. The molecule has 104 valence electrons. The fourth-order valence-corrected chi connectivity index (χ4v) is 2.94. The van der Waals surface area contributed by atoms with E-state index in [4.69, 9.17) is 5.73 Å². The summed E-state index contributed by atoms with van der Waals surface area (Å²) in [5, 5.41) is 0. The van der Waals surface area contributed by atoms with Gasteiger partial charge >= 0.3 is 0 Å². The molecule has 1 saturated heterocycles. The minimum absolute atomic E-state index is 0.117. The summed E-state index contributed by atoms with van der Waals surface area (Å²) in [4.78, 5) is 16.3. The van der Waals surface area contributed by atoms with Gasteiger partial charge in [-0.25, -0.2) is 0 Å². The number of piperazine rings is 1. The van der Waals surface area contributed by atoms with Gasteiger partial charge in [-0.3, -0.25) is 4.79 Å². The molecule has 2 unspecified atom stereocenters. The van der Waals surface area contributed by atoms with Gasteiger partial charge < -0.3 is 15.5 Å². The SMILES string of the molecule is CCc1ccccc1N1C(C)CN(C)C(=O)C1CN. The zero-order valence-corrected chi connectivity index (χ0v) is 12.0. The molecule has 2 rings (SSSR count). The molecule has 4 heteroatoms. The Kier molecular flexibility index (Phi) is 4.10. The second kappa shape index (κ2) is 5.61. The number of nitrogens with two attached hydrogens (primary N) is 1. The van der Waals surface area contributed by atoms with Gasteiger partial charge in [-0.15, -0.1) is 0 Å². The topological polar surface area (TPSA) is 49.6 Å². The van der Waals surface area contributed by atoms with Crippen molar-refractivity contribution in [2.75, 3.05) is 25.0 Å². The summed E-state index contributed by atoms with van der Waals surface area (Å²) >= 11 is 0. The molecule has 0 radical (unpaired) electrons. The first-order valence-electron chi connectivity index (χ1n) is 6.91. The molecule has 4 nitrogen and oxygen atoms in total. The van der Waals surface area contributed by atoms with Crippen molar-refractivity contribution in [1.29, 1.82) is 0 Å². The summed E-state index contributed by atoms with van der Waals surface area (Å²) in [5.74, 6) is 0.117. The Hall–Kier alpha value is -1.55. The van der Waals surface area contributed by atoms with Crippen molar-refractivity contribution in [3.8, 4) is 0 Å². The van der Waals surface area contributed by atoms with Gasteiger partial charge in [0.15, 0.2) is 0 Å². The van der Waals surface area contributed by atoms with Gasteiger partial charge in [0.2, 0.25) is 5.91 Å². The van der Waals surface area contributed by atoms with E-state index < -0.39 is 0 Å². The van der Waals surface area contributed by atoms with Gasteiger partial charge in [0.25, 0.3) is 0 Å². The molecule has 2 N–H and O–H groups in total. The Bertz CT molecular complexity index is 460. The number of aryl methyl sites for hydroxylation is 1. The van der Waals surface area contributed by atoms with E-state index in [9.17, 15) is 4.79 Å². The van der Waals surface area contributed by atoms with E-state index in [1.54, 1.807) is 4.90 Å². The number of anilines is 1. The summed E-state index contributed by atoms with van der Waals surface area (Å²) in [7, 11) is 1.85. The molecule has 1 aromatic rings. The lowest BCUT2D eigenvalue weighted by Crippen LogP contribution is -2.62. The largest absolute Gasteiger partial charge is 0.354 e. The molecule has 1 aliphatic heterocycles. The highest BCUT2D eigenvalue weighted by Crippen LogP contribution is 2.28. The maximum atomic E-state index is 12.3. The molecule has 1 fully saturated rings. The highest BCUT2D eigenvalue weighted by Gasteiger charge is 2.37. The minimum atomic E-state index is -0.249. The molecule has 0 aliphatic carbocycles. The quantitative estimate of drug-likeness (QED) is 0.890. The van der Waals surface area contributed by atoms with Crippen molar-refractivity contribution in [2.45, 2.75) is 32.4 Å². The Balaban J connectivity index is 2.42. The summed E-state index contributed by atoms with van der Waals surface area (Å²) in [6, 6.07) is 8.32. The minimum Gasteiger partial charge on any atom is -0.354 e. The van der Waals surface area contributed by atoms with Crippen LogP contribution in [0.1, 0.15) is 19.4 Å². The molecular formula is C15H23N3O. The Morgan fingerprint density at radius 1 is 1.37 bits per heavy atom. The third-order valence-electron chi connectivity index (χ3n) is 3.88. The van der Waals surface area contributed by atoms with E-state index >= 15 is 0 Å². The molecule has 0 spiro atoms. The van der Waals surface area contributed by atoms with Gasteiger partial charge in [-0.1, -0.05) is 25.1 Å². The van der Waals surface area contributed by atoms with Crippen molar-refractivity contribution in [2.24, 2.45) is 5.73 Å². The van der Waals surface area contributed by atoms with Crippen molar-refractivity contribution in [3.63, 3.8) is 0 Å². The van der Waals surface area contributed by atoms with Crippen molar-refractivity contribution in [3.05, 3.63) is 29.8 Å². The highest BCUT2D eigenvalue weighted by atomic mass is 16.2. The van der Waals surface area contributed by atoms with Gasteiger partial charge in [0.05, 0.1) is 0 Å². The van der Waals surface area contributed by atoms with Crippen LogP contribution in [0.5, 0.6) is 0 Å². The van der Waals surface area contributed by atoms with E-state index in [2.05, 4.69) is 30.9 Å². The molecule has 1 amide bonds. The summed E-state index contributed by atoms with van der Waals surface area (Å²) in [6.07, 6.45) is 0.959. The van der Waals surface area contributed by atoms with Crippen LogP contribution >= 0.6 is 0 Å². The molecule has 1 heterocycles. The van der Waals surface area contributed by atoms with Crippen LogP contribution in [-0.4, -0.2) is 43.0 Å². The van der Waals surface area contributed by atoms with Gasteiger partial charge in [-0.2, -0.15) is 0 Å². The third kappa shape index (κ3) is 2.45. The summed E-state index contributed by atoms with van der Waals surface area (Å²) < 4.78 is 0. The zero-order chi connectivity index (χ0) is 14.0. The van der Waals surface area contributed by atoms with Crippen LogP contribution in [0.4, 0.5) is 5.69 Å². The number of amides is 1. The van der Waals surface area contributed by atoms with Crippen LogP contribution in [0, 0.1) is 0 Å². The smallest absolute Gasteiger partial charge is 0.246 e. The summed E-state index contributed by atoms with van der Waals surface area (Å²) in [5.41, 5.74) is 8.26. The Morgan fingerprint density at radius 2 is 2.05 bits per heavy atom. The number of rotatable bonds is 3. The van der Waals surface area contributed by atoms with Crippen LogP contribution < -0.4 is 10.6 Å². The van der Waals surface area contributed by atoms with Gasteiger partial charge in [-0.05, 0) is 25.0 Å². The number of likely N-dealkylation sites (N-methyl/N-ethyl adjacent to an activating group) is 1. The van der Waals surface area contributed by atoms with E-state index in [1.807, 2.05) is 19.2 Å². The lowest BCUT2D eigenvalue weighted by atomic mass is 10.0. The number of para-hydroxylation sites is 1. The number of carbonyl (C=O) groups is 1. The van der Waals surface area contributed by atoms with Crippen LogP contribution in [-0.2, 0) is 11.2 Å².